The lowest BCUT2D eigenvalue weighted by Gasteiger charge is -2.14. The van der Waals surface area contributed by atoms with E-state index in [0.29, 0.717) is 27.7 Å². The molecule has 0 aliphatic carbocycles. The molecule has 0 amide bonds. The molecule has 5 aromatic rings. The number of esters is 1. The fourth-order valence-corrected chi connectivity index (χ4v) is 5.22. The molecule has 0 spiro atoms. The second kappa shape index (κ2) is 8.80. The molecule has 0 bridgehead atoms. The molecule has 3 aromatic carbocycles. The molecule has 0 aliphatic rings. The number of fused-ring (bicyclic) bond motifs is 2. The van der Waals surface area contributed by atoms with Gasteiger partial charge < -0.3 is 9.47 Å². The Morgan fingerprint density at radius 2 is 1.77 bits per heavy atom. The minimum absolute atomic E-state index is 0.0617. The maximum Gasteiger partial charge on any atom is 0.338 e. The molecule has 0 N–H and O–H groups in total. The van der Waals surface area contributed by atoms with Crippen molar-refractivity contribution in [3.05, 3.63) is 78.5 Å². The van der Waals surface area contributed by atoms with E-state index in [0.717, 1.165) is 0 Å². The zero-order valence-corrected chi connectivity index (χ0v) is 19.7. The van der Waals surface area contributed by atoms with Crippen LogP contribution in [0.5, 0.6) is 5.75 Å². The lowest BCUT2D eigenvalue weighted by molar-refractivity contribution is 0.0526. The highest BCUT2D eigenvalue weighted by molar-refractivity contribution is 7.91. The van der Waals surface area contributed by atoms with Crippen molar-refractivity contribution in [3.8, 4) is 11.4 Å². The van der Waals surface area contributed by atoms with Crippen molar-refractivity contribution in [2.24, 2.45) is 0 Å². The van der Waals surface area contributed by atoms with Gasteiger partial charge in [-0.1, -0.05) is 17.3 Å². The van der Waals surface area contributed by atoms with E-state index >= 15 is 0 Å². The molecule has 0 unspecified atom stereocenters. The van der Waals surface area contributed by atoms with Gasteiger partial charge in [0, 0.05) is 11.6 Å². The van der Waals surface area contributed by atoms with Crippen molar-refractivity contribution in [2.75, 3.05) is 13.7 Å². The van der Waals surface area contributed by atoms with Crippen LogP contribution in [0.3, 0.4) is 0 Å². The average molecular weight is 489 g/mol. The molecular formula is C25H20N4O5S. The summed E-state index contributed by atoms with van der Waals surface area (Å²) in [7, 11) is -2.54. The summed E-state index contributed by atoms with van der Waals surface area (Å²) in [5, 5.41) is 8.87. The number of hydrogen-bond acceptors (Lipinski definition) is 8. The number of para-hydroxylation sites is 1. The second-order valence-corrected chi connectivity index (χ2v) is 9.51. The summed E-state index contributed by atoms with van der Waals surface area (Å²) in [4.78, 5) is 16.8. The summed E-state index contributed by atoms with van der Waals surface area (Å²) in [6, 6.07) is 18.1. The number of nitrogens with zero attached hydrogens (tertiary/aromatic N) is 4. The van der Waals surface area contributed by atoms with Gasteiger partial charge in [-0.15, -0.1) is 5.10 Å². The molecule has 0 aliphatic heterocycles. The standard InChI is InChI=1S/C25H20N4O5S/c1-3-34-25(30)16-8-13-20-19(14-16)24(29-22-7-5-4-6-21(22)27-28-29)23(15-26-20)35(31,32)18-11-9-17(33-2)10-12-18/h4-15H,3H2,1-2H3. The summed E-state index contributed by atoms with van der Waals surface area (Å²) in [5.74, 6) is 0.00868. The molecule has 5 rings (SSSR count). The molecule has 2 aromatic heterocycles. The highest BCUT2D eigenvalue weighted by atomic mass is 32.2. The van der Waals surface area contributed by atoms with E-state index in [9.17, 15) is 13.2 Å². The van der Waals surface area contributed by atoms with Crippen molar-refractivity contribution in [1.82, 2.24) is 20.0 Å². The zero-order valence-electron chi connectivity index (χ0n) is 18.9. The quantitative estimate of drug-likeness (QED) is 0.330. The molecule has 0 fully saturated rings. The zero-order chi connectivity index (χ0) is 24.6. The smallest absolute Gasteiger partial charge is 0.338 e. The van der Waals surface area contributed by atoms with Crippen LogP contribution < -0.4 is 4.74 Å². The van der Waals surface area contributed by atoms with Gasteiger partial charge in [-0.25, -0.2) is 17.9 Å². The molecule has 0 saturated heterocycles. The van der Waals surface area contributed by atoms with Gasteiger partial charge in [0.15, 0.2) is 0 Å². The predicted octanol–water partition coefficient (Wildman–Crippen LogP) is 3.99. The maximum absolute atomic E-state index is 13.8. The molecule has 0 atom stereocenters. The second-order valence-electron chi connectivity index (χ2n) is 7.59. The molecular weight excluding hydrogens is 468 g/mol. The molecule has 0 radical (unpaired) electrons. The Balaban J connectivity index is 1.84. The first-order valence-electron chi connectivity index (χ1n) is 10.7. The SMILES string of the molecule is CCOC(=O)c1ccc2ncc(S(=O)(=O)c3ccc(OC)cc3)c(-n3nnc4ccccc43)c2c1. The maximum atomic E-state index is 13.8. The summed E-state index contributed by atoms with van der Waals surface area (Å²) >= 11 is 0. The lowest BCUT2D eigenvalue weighted by Crippen LogP contribution is -2.11. The number of carbonyl (C=O) groups is 1. The number of ether oxygens (including phenoxy) is 2. The van der Waals surface area contributed by atoms with Gasteiger partial charge in [0.05, 0.1) is 40.9 Å². The van der Waals surface area contributed by atoms with E-state index in [1.165, 1.54) is 30.1 Å². The molecule has 10 heteroatoms. The van der Waals surface area contributed by atoms with Crippen molar-refractivity contribution in [1.29, 1.82) is 0 Å². The number of rotatable bonds is 6. The van der Waals surface area contributed by atoms with E-state index in [4.69, 9.17) is 9.47 Å². The lowest BCUT2D eigenvalue weighted by atomic mass is 10.1. The Morgan fingerprint density at radius 3 is 2.51 bits per heavy atom. The summed E-state index contributed by atoms with van der Waals surface area (Å²) < 4.78 is 39.4. The largest absolute Gasteiger partial charge is 0.497 e. The Morgan fingerprint density at radius 1 is 1.00 bits per heavy atom. The minimum Gasteiger partial charge on any atom is -0.497 e. The molecule has 9 nitrogen and oxygen atoms in total. The van der Waals surface area contributed by atoms with E-state index in [-0.39, 0.29) is 27.6 Å². The van der Waals surface area contributed by atoms with E-state index < -0.39 is 15.8 Å². The van der Waals surface area contributed by atoms with Gasteiger partial charge in [-0.05, 0) is 61.5 Å². The van der Waals surface area contributed by atoms with Crippen LogP contribution in [-0.2, 0) is 14.6 Å². The van der Waals surface area contributed by atoms with Crippen LogP contribution >= 0.6 is 0 Å². The Kier molecular flexibility index (Phi) is 5.65. The van der Waals surface area contributed by atoms with Gasteiger partial charge in [0.2, 0.25) is 9.84 Å². The first-order valence-corrected chi connectivity index (χ1v) is 12.2. The molecule has 2 heterocycles. The molecule has 176 valence electrons. The van der Waals surface area contributed by atoms with Gasteiger partial charge in [-0.3, -0.25) is 4.98 Å². The van der Waals surface area contributed by atoms with Crippen LogP contribution in [-0.4, -0.2) is 48.1 Å². The van der Waals surface area contributed by atoms with Gasteiger partial charge in [0.1, 0.15) is 16.2 Å². The molecule has 35 heavy (non-hydrogen) atoms. The van der Waals surface area contributed by atoms with Crippen LogP contribution in [0.1, 0.15) is 17.3 Å². The molecule has 0 saturated carbocycles. The van der Waals surface area contributed by atoms with Gasteiger partial charge in [-0.2, -0.15) is 0 Å². The van der Waals surface area contributed by atoms with Crippen LogP contribution in [0, 0.1) is 0 Å². The first kappa shape index (κ1) is 22.5. The topological polar surface area (TPSA) is 113 Å². The number of methoxy groups -OCH3 is 1. The van der Waals surface area contributed by atoms with Crippen molar-refractivity contribution < 1.29 is 22.7 Å². The first-order chi connectivity index (χ1) is 16.9. The third-order valence-corrected chi connectivity index (χ3v) is 7.31. The normalized spacial score (nSPS) is 11.6. The summed E-state index contributed by atoms with van der Waals surface area (Å²) in [6.07, 6.45) is 1.30. The highest BCUT2D eigenvalue weighted by Crippen LogP contribution is 2.34. The number of aromatic nitrogens is 4. The monoisotopic (exact) mass is 488 g/mol. The fourth-order valence-electron chi connectivity index (χ4n) is 3.83. The van der Waals surface area contributed by atoms with Crippen molar-refractivity contribution in [3.63, 3.8) is 0 Å². The Bertz CT molecular complexity index is 1680. The Hall–Kier alpha value is -4.31. The fraction of sp³-hybridized carbons (Fsp3) is 0.120. The summed E-state index contributed by atoms with van der Waals surface area (Å²) in [5.41, 5.74) is 2.19. The van der Waals surface area contributed by atoms with Crippen molar-refractivity contribution in [2.45, 2.75) is 16.7 Å². The van der Waals surface area contributed by atoms with E-state index in [1.807, 2.05) is 12.1 Å². The number of pyridine rings is 1. The van der Waals surface area contributed by atoms with Gasteiger partial charge in [0.25, 0.3) is 0 Å². The van der Waals surface area contributed by atoms with Crippen molar-refractivity contribution >= 4 is 37.7 Å². The van der Waals surface area contributed by atoms with E-state index in [1.54, 1.807) is 49.4 Å². The highest BCUT2D eigenvalue weighted by Gasteiger charge is 2.27. The van der Waals surface area contributed by atoms with E-state index in [2.05, 4.69) is 15.3 Å². The van der Waals surface area contributed by atoms with Crippen LogP contribution in [0.2, 0.25) is 0 Å². The van der Waals surface area contributed by atoms with Crippen LogP contribution in [0.4, 0.5) is 0 Å². The third kappa shape index (κ3) is 3.87. The predicted molar refractivity (Wildman–Crippen MR) is 129 cm³/mol. The van der Waals surface area contributed by atoms with Crippen LogP contribution in [0.15, 0.2) is 82.7 Å². The number of hydrogen-bond donors (Lipinski definition) is 0. The number of benzene rings is 3. The number of sulfone groups is 1. The Labute approximate surface area is 200 Å². The average Bonchev–Trinajstić information content (AvgIpc) is 3.31. The van der Waals surface area contributed by atoms with Gasteiger partial charge >= 0.3 is 5.97 Å². The van der Waals surface area contributed by atoms with Crippen LogP contribution in [0.25, 0.3) is 27.6 Å². The number of carbonyl (C=O) groups excluding carboxylic acids is 1. The minimum atomic E-state index is -4.05. The third-order valence-electron chi connectivity index (χ3n) is 5.54. The summed E-state index contributed by atoms with van der Waals surface area (Å²) in [6.45, 7) is 1.93.